The maximum Gasteiger partial charge on any atom is 0.416 e. The van der Waals surface area contributed by atoms with Crippen molar-refractivity contribution in [3.63, 3.8) is 0 Å². The number of hydrogen-bond donors (Lipinski definition) is 0. The summed E-state index contributed by atoms with van der Waals surface area (Å²) in [6.07, 6.45) is -8.38. The van der Waals surface area contributed by atoms with Crippen LogP contribution in [0.3, 0.4) is 0 Å². The summed E-state index contributed by atoms with van der Waals surface area (Å²) in [5.74, 6) is 6.52. The zero-order valence-corrected chi connectivity index (χ0v) is 22.8. The molecule has 4 rings (SSSR count). The van der Waals surface area contributed by atoms with Gasteiger partial charge in [-0.2, -0.15) is 26.3 Å². The molecule has 2 aromatic rings. The van der Waals surface area contributed by atoms with Gasteiger partial charge in [0, 0.05) is 26.2 Å². The van der Waals surface area contributed by atoms with Crippen LogP contribution in [0.2, 0.25) is 0 Å². The van der Waals surface area contributed by atoms with E-state index in [4.69, 9.17) is 14.2 Å². The van der Waals surface area contributed by atoms with E-state index in [-0.39, 0.29) is 30.7 Å². The van der Waals surface area contributed by atoms with E-state index in [9.17, 15) is 26.3 Å². The molecule has 0 amide bonds. The Labute approximate surface area is 236 Å². The smallest absolute Gasteiger partial charge is 0.383 e. The summed E-state index contributed by atoms with van der Waals surface area (Å²) in [7, 11) is 1.68. The highest BCUT2D eigenvalue weighted by molar-refractivity contribution is 5.33. The van der Waals surface area contributed by atoms with Crippen LogP contribution in [-0.2, 0) is 33.0 Å². The molecule has 11 heteroatoms. The molecule has 0 bridgehead atoms. The molecule has 1 saturated carbocycles. The summed E-state index contributed by atoms with van der Waals surface area (Å²) in [4.78, 5) is 4.44. The predicted octanol–water partition coefficient (Wildman–Crippen LogP) is 5.80. The van der Waals surface area contributed by atoms with Crippen LogP contribution in [-0.4, -0.2) is 75.2 Å². The Balaban J connectivity index is 1.43. The van der Waals surface area contributed by atoms with Crippen molar-refractivity contribution < 1.29 is 40.6 Å². The van der Waals surface area contributed by atoms with Gasteiger partial charge in [-0.1, -0.05) is 42.2 Å². The molecule has 2 aliphatic rings. The van der Waals surface area contributed by atoms with Crippen molar-refractivity contribution in [2.45, 2.75) is 50.0 Å². The topological polar surface area (TPSA) is 34.2 Å². The first kappa shape index (κ1) is 31.3. The lowest BCUT2D eigenvalue weighted by Gasteiger charge is -2.40. The van der Waals surface area contributed by atoms with Crippen molar-refractivity contribution in [2.24, 2.45) is 0 Å². The second-order valence-corrected chi connectivity index (χ2v) is 10.1. The monoisotopic (exact) mass is 584 g/mol. The molecule has 2 fully saturated rings. The molecular weight excluding hydrogens is 550 g/mol. The molecule has 2 aromatic carbocycles. The van der Waals surface area contributed by atoms with Gasteiger partial charge in [0.15, 0.2) is 6.29 Å². The lowest BCUT2D eigenvalue weighted by molar-refractivity contribution is -0.208. The fourth-order valence-electron chi connectivity index (χ4n) is 4.83. The van der Waals surface area contributed by atoms with Gasteiger partial charge in [-0.05, 0) is 48.6 Å². The van der Waals surface area contributed by atoms with Crippen molar-refractivity contribution >= 4 is 0 Å². The van der Waals surface area contributed by atoms with Gasteiger partial charge in [0.05, 0.1) is 50.1 Å². The fourth-order valence-corrected chi connectivity index (χ4v) is 4.83. The molecule has 1 aliphatic heterocycles. The largest absolute Gasteiger partial charge is 0.416 e. The van der Waals surface area contributed by atoms with Gasteiger partial charge >= 0.3 is 12.4 Å². The summed E-state index contributed by atoms with van der Waals surface area (Å²) in [6, 6.07) is 11.3. The minimum Gasteiger partial charge on any atom is -0.383 e. The van der Waals surface area contributed by atoms with Crippen LogP contribution in [0, 0.1) is 11.8 Å². The van der Waals surface area contributed by atoms with Gasteiger partial charge in [0.1, 0.15) is 0 Å². The van der Waals surface area contributed by atoms with Crippen molar-refractivity contribution in [3.05, 3.63) is 70.8 Å². The van der Waals surface area contributed by atoms with Gasteiger partial charge in [-0.15, -0.1) is 0 Å². The fraction of sp³-hybridized carbons (Fsp3) is 0.533. The molecule has 5 nitrogen and oxygen atoms in total. The lowest BCUT2D eigenvalue weighted by Crippen LogP contribution is -2.46. The molecule has 224 valence electrons. The Morgan fingerprint density at radius 1 is 0.951 bits per heavy atom. The molecule has 0 spiro atoms. The number of ether oxygens (including phenoxy) is 3. The number of benzene rings is 2. The van der Waals surface area contributed by atoms with Crippen molar-refractivity contribution in [1.82, 2.24) is 9.80 Å². The maximum absolute atomic E-state index is 13.3. The molecule has 2 atom stereocenters. The summed E-state index contributed by atoms with van der Waals surface area (Å²) in [6.45, 7) is 3.38. The summed E-state index contributed by atoms with van der Waals surface area (Å²) < 4.78 is 96.6. The summed E-state index contributed by atoms with van der Waals surface area (Å²) in [5, 5.41) is 0. The molecule has 41 heavy (non-hydrogen) atoms. The van der Waals surface area contributed by atoms with Crippen molar-refractivity contribution in [3.8, 4) is 11.8 Å². The lowest BCUT2D eigenvalue weighted by atomic mass is 10.0. The highest BCUT2D eigenvalue weighted by Gasteiger charge is 2.37. The van der Waals surface area contributed by atoms with Crippen LogP contribution >= 0.6 is 0 Å². The first-order valence-corrected chi connectivity index (χ1v) is 13.6. The summed E-state index contributed by atoms with van der Waals surface area (Å²) >= 11 is 0. The third kappa shape index (κ3) is 9.18. The number of hydrogen-bond acceptors (Lipinski definition) is 5. The van der Waals surface area contributed by atoms with Crippen LogP contribution < -0.4 is 0 Å². The van der Waals surface area contributed by atoms with E-state index in [2.05, 4.69) is 21.6 Å². The van der Waals surface area contributed by atoms with Gasteiger partial charge in [-0.25, -0.2) is 0 Å². The van der Waals surface area contributed by atoms with Gasteiger partial charge in [0.25, 0.3) is 0 Å². The van der Waals surface area contributed by atoms with E-state index < -0.39 is 29.8 Å². The van der Waals surface area contributed by atoms with E-state index in [1.165, 1.54) is 12.8 Å². The van der Waals surface area contributed by atoms with Gasteiger partial charge in [0.2, 0.25) is 0 Å². The van der Waals surface area contributed by atoms with Crippen LogP contribution in [0.15, 0.2) is 48.5 Å². The number of rotatable bonds is 11. The highest BCUT2D eigenvalue weighted by atomic mass is 19.4. The molecule has 1 heterocycles. The molecule has 1 aliphatic carbocycles. The van der Waals surface area contributed by atoms with Crippen molar-refractivity contribution in [2.75, 3.05) is 53.1 Å². The predicted molar refractivity (Wildman–Crippen MR) is 141 cm³/mol. The van der Waals surface area contributed by atoms with Crippen LogP contribution in [0.1, 0.15) is 41.1 Å². The van der Waals surface area contributed by atoms with Crippen LogP contribution in [0.5, 0.6) is 0 Å². The third-order valence-corrected chi connectivity index (χ3v) is 7.11. The normalized spacial score (nSPS) is 20.2. The molecule has 0 unspecified atom stereocenters. The average Bonchev–Trinajstić information content (AvgIpc) is 3.78. The molecule has 0 N–H and O–H groups in total. The van der Waals surface area contributed by atoms with Gasteiger partial charge < -0.3 is 14.2 Å². The standard InChI is InChI=1S/C30H34F6N2O3/c1-39-17-14-37(26-9-10-26)12-5-6-13-38-15-18-41-28(27(38)23-7-3-2-4-8-23)40-16-11-22-19-24(29(31,32)33)21-25(20-22)30(34,35)36/h2-4,7-8,19-21,26-28H,9-18H2,1H3/t27-,28+/m0/s1. The number of methoxy groups -OCH3 is 1. The van der Waals surface area contributed by atoms with E-state index in [0.717, 1.165) is 24.2 Å². The minimum atomic E-state index is -4.90. The first-order chi connectivity index (χ1) is 19.6. The third-order valence-electron chi connectivity index (χ3n) is 7.11. The molecule has 0 radical (unpaired) electrons. The number of morpholine rings is 1. The highest BCUT2D eigenvalue weighted by Crippen LogP contribution is 2.37. The maximum atomic E-state index is 13.3. The molecular formula is C30H34F6N2O3. The van der Waals surface area contributed by atoms with E-state index in [1.807, 2.05) is 30.3 Å². The molecule has 1 saturated heterocycles. The van der Waals surface area contributed by atoms with Gasteiger partial charge in [-0.3, -0.25) is 9.80 Å². The second kappa shape index (κ2) is 14.0. The number of nitrogens with zero attached hydrogens (tertiary/aromatic N) is 2. The zero-order valence-electron chi connectivity index (χ0n) is 22.8. The summed E-state index contributed by atoms with van der Waals surface area (Å²) in [5.41, 5.74) is -1.89. The van der Waals surface area contributed by atoms with Crippen LogP contribution in [0.25, 0.3) is 0 Å². The number of alkyl halides is 6. The minimum absolute atomic E-state index is 0.115. The van der Waals surface area contributed by atoms with E-state index >= 15 is 0 Å². The first-order valence-electron chi connectivity index (χ1n) is 13.6. The number of halogens is 6. The SMILES string of the molecule is COCCN(CC#CCN1CCO[C@@H](OCCc2cc(C(F)(F)F)cc(C(F)(F)F)c2)[C@@H]1c1ccccc1)C1CC1. The van der Waals surface area contributed by atoms with Crippen molar-refractivity contribution in [1.29, 1.82) is 0 Å². The quantitative estimate of drug-likeness (QED) is 0.247. The Morgan fingerprint density at radius 3 is 2.24 bits per heavy atom. The second-order valence-electron chi connectivity index (χ2n) is 10.1. The Morgan fingerprint density at radius 2 is 1.63 bits per heavy atom. The zero-order chi connectivity index (χ0) is 29.5. The Kier molecular flexibility index (Phi) is 10.7. The Hall–Kier alpha value is -2.62. The van der Waals surface area contributed by atoms with E-state index in [0.29, 0.717) is 38.9 Å². The molecule has 0 aromatic heterocycles. The average molecular weight is 585 g/mol. The van der Waals surface area contributed by atoms with E-state index in [1.54, 1.807) is 7.11 Å². The van der Waals surface area contributed by atoms with Crippen LogP contribution in [0.4, 0.5) is 26.3 Å². The Bertz CT molecular complexity index is 1140.